The number of nitrogens with one attached hydrogen (secondary N) is 2. The summed E-state index contributed by atoms with van der Waals surface area (Å²) in [5.74, 6) is 1.03. The van der Waals surface area contributed by atoms with Gasteiger partial charge in [0.2, 0.25) is 0 Å². The molecule has 0 aromatic carbocycles. The van der Waals surface area contributed by atoms with Gasteiger partial charge in [-0.1, -0.05) is 0 Å². The first kappa shape index (κ1) is 13.0. The molecule has 2 aromatic heterocycles. The van der Waals surface area contributed by atoms with E-state index in [0.29, 0.717) is 18.9 Å². The predicted molar refractivity (Wildman–Crippen MR) is 66.9 cm³/mol. The van der Waals surface area contributed by atoms with Gasteiger partial charge in [0.15, 0.2) is 5.89 Å². The molecule has 7 heteroatoms. The summed E-state index contributed by atoms with van der Waals surface area (Å²) in [7, 11) is 0. The summed E-state index contributed by atoms with van der Waals surface area (Å²) in [6.07, 6.45) is 0.557. The van der Waals surface area contributed by atoms with E-state index in [0.717, 1.165) is 11.5 Å². The van der Waals surface area contributed by atoms with Crippen molar-refractivity contribution in [2.75, 3.05) is 6.54 Å². The summed E-state index contributed by atoms with van der Waals surface area (Å²) < 4.78 is 5.39. The van der Waals surface area contributed by atoms with Crippen molar-refractivity contribution in [2.24, 2.45) is 0 Å². The number of hydrogen-bond donors (Lipinski definition) is 2. The van der Waals surface area contributed by atoms with Crippen LogP contribution in [0.2, 0.25) is 0 Å². The molecule has 0 saturated heterocycles. The van der Waals surface area contributed by atoms with Gasteiger partial charge in [0.05, 0.1) is 5.69 Å². The number of carbonyl (C=O) groups excluding carboxylic acids is 1. The fourth-order valence-electron chi connectivity index (χ4n) is 1.66. The summed E-state index contributed by atoms with van der Waals surface area (Å²) in [4.78, 5) is 26.7. The first-order chi connectivity index (χ1) is 9.06. The van der Waals surface area contributed by atoms with Gasteiger partial charge in [-0.15, -0.1) is 0 Å². The highest BCUT2D eigenvalue weighted by Crippen LogP contribution is 2.09. The van der Waals surface area contributed by atoms with Crippen LogP contribution >= 0.6 is 0 Å². The Balaban J connectivity index is 1.89. The molecular weight excluding hydrogens is 248 g/mol. The first-order valence-corrected chi connectivity index (χ1v) is 5.83. The maximum Gasteiger partial charge on any atom is 0.271 e. The number of carbonyl (C=O) groups is 1. The minimum Gasteiger partial charge on any atom is -0.446 e. The number of amides is 1. The lowest BCUT2D eigenvalue weighted by Crippen LogP contribution is -2.27. The van der Waals surface area contributed by atoms with Crippen LogP contribution in [0.1, 0.15) is 27.8 Å². The van der Waals surface area contributed by atoms with Gasteiger partial charge in [-0.05, 0) is 13.0 Å². The van der Waals surface area contributed by atoms with Gasteiger partial charge in [0, 0.05) is 26.0 Å². The summed E-state index contributed by atoms with van der Waals surface area (Å²) in [5.41, 5.74) is 0.656. The van der Waals surface area contributed by atoms with E-state index >= 15 is 0 Å². The summed E-state index contributed by atoms with van der Waals surface area (Å²) in [6.45, 7) is 4.05. The zero-order valence-electron chi connectivity index (χ0n) is 10.7. The molecule has 0 unspecified atom stereocenters. The maximum absolute atomic E-state index is 11.7. The van der Waals surface area contributed by atoms with Crippen LogP contribution < -0.4 is 10.9 Å². The SMILES string of the molecule is Cc1nc(C)c(CCNC(=O)c2ccc(=O)[nH]n2)o1. The molecule has 100 valence electrons. The Kier molecular flexibility index (Phi) is 3.74. The highest BCUT2D eigenvalue weighted by Gasteiger charge is 2.09. The molecular formula is C12H14N4O3. The molecule has 0 fully saturated rings. The fourth-order valence-corrected chi connectivity index (χ4v) is 1.66. The number of nitrogens with zero attached hydrogens (tertiary/aromatic N) is 2. The summed E-state index contributed by atoms with van der Waals surface area (Å²) >= 11 is 0. The lowest BCUT2D eigenvalue weighted by molar-refractivity contribution is 0.0947. The van der Waals surface area contributed by atoms with Crippen LogP contribution in [-0.4, -0.2) is 27.6 Å². The van der Waals surface area contributed by atoms with Crippen molar-refractivity contribution >= 4 is 5.91 Å². The van der Waals surface area contributed by atoms with Crippen LogP contribution in [0.4, 0.5) is 0 Å². The first-order valence-electron chi connectivity index (χ1n) is 5.83. The molecule has 2 heterocycles. The number of oxazole rings is 1. The lowest BCUT2D eigenvalue weighted by atomic mass is 10.3. The third kappa shape index (κ3) is 3.27. The van der Waals surface area contributed by atoms with Crippen molar-refractivity contribution in [1.82, 2.24) is 20.5 Å². The van der Waals surface area contributed by atoms with Crippen molar-refractivity contribution in [3.8, 4) is 0 Å². The van der Waals surface area contributed by atoms with E-state index in [1.54, 1.807) is 6.92 Å². The number of aryl methyl sites for hydroxylation is 2. The quantitative estimate of drug-likeness (QED) is 0.827. The standard InChI is InChI=1S/C12H14N4O3/c1-7-10(19-8(2)14-7)5-6-13-12(18)9-3-4-11(17)16-15-9/h3-4H,5-6H2,1-2H3,(H,13,18)(H,16,17). The second-order valence-corrected chi connectivity index (χ2v) is 4.05. The van der Waals surface area contributed by atoms with Gasteiger partial charge < -0.3 is 9.73 Å². The third-order valence-electron chi connectivity index (χ3n) is 2.55. The van der Waals surface area contributed by atoms with Gasteiger partial charge in [0.1, 0.15) is 11.5 Å². The van der Waals surface area contributed by atoms with E-state index < -0.39 is 0 Å². The number of aromatic nitrogens is 3. The van der Waals surface area contributed by atoms with Crippen molar-refractivity contribution in [3.05, 3.63) is 45.5 Å². The molecule has 1 amide bonds. The Bertz CT molecular complexity index is 624. The smallest absolute Gasteiger partial charge is 0.271 e. The van der Waals surface area contributed by atoms with Crippen molar-refractivity contribution < 1.29 is 9.21 Å². The molecule has 0 aliphatic heterocycles. The zero-order valence-corrected chi connectivity index (χ0v) is 10.7. The normalized spacial score (nSPS) is 10.4. The second kappa shape index (κ2) is 5.47. The Hall–Kier alpha value is -2.44. The van der Waals surface area contributed by atoms with E-state index in [2.05, 4.69) is 20.5 Å². The van der Waals surface area contributed by atoms with Crippen LogP contribution in [0.3, 0.4) is 0 Å². The van der Waals surface area contributed by atoms with Crippen molar-refractivity contribution in [2.45, 2.75) is 20.3 Å². The Morgan fingerprint density at radius 3 is 2.79 bits per heavy atom. The Labute approximate surface area is 109 Å². The number of hydrogen-bond acceptors (Lipinski definition) is 5. The van der Waals surface area contributed by atoms with Gasteiger partial charge in [0.25, 0.3) is 11.5 Å². The van der Waals surface area contributed by atoms with Crippen LogP contribution in [-0.2, 0) is 6.42 Å². The van der Waals surface area contributed by atoms with Gasteiger partial charge in [-0.3, -0.25) is 9.59 Å². The van der Waals surface area contributed by atoms with Crippen LogP contribution in [0, 0.1) is 13.8 Å². The number of rotatable bonds is 4. The van der Waals surface area contributed by atoms with E-state index in [-0.39, 0.29) is 17.2 Å². The Morgan fingerprint density at radius 1 is 1.42 bits per heavy atom. The second-order valence-electron chi connectivity index (χ2n) is 4.05. The Morgan fingerprint density at radius 2 is 2.21 bits per heavy atom. The van der Waals surface area contributed by atoms with Crippen molar-refractivity contribution in [3.63, 3.8) is 0 Å². The molecule has 2 aromatic rings. The monoisotopic (exact) mass is 262 g/mol. The molecule has 2 rings (SSSR count). The minimum absolute atomic E-state index is 0.171. The topological polar surface area (TPSA) is 101 Å². The molecule has 2 N–H and O–H groups in total. The molecule has 0 spiro atoms. The lowest BCUT2D eigenvalue weighted by Gasteiger charge is -2.02. The molecule has 0 atom stereocenters. The molecule has 0 aliphatic carbocycles. The van der Waals surface area contributed by atoms with E-state index in [9.17, 15) is 9.59 Å². The molecule has 0 aliphatic rings. The highest BCUT2D eigenvalue weighted by atomic mass is 16.4. The molecule has 19 heavy (non-hydrogen) atoms. The van der Waals surface area contributed by atoms with E-state index in [1.807, 2.05) is 6.92 Å². The molecule has 0 radical (unpaired) electrons. The largest absolute Gasteiger partial charge is 0.446 e. The summed E-state index contributed by atoms with van der Waals surface area (Å²) in [6, 6.07) is 2.63. The van der Waals surface area contributed by atoms with Crippen LogP contribution in [0.15, 0.2) is 21.3 Å². The van der Waals surface area contributed by atoms with Gasteiger partial charge >= 0.3 is 0 Å². The van der Waals surface area contributed by atoms with E-state index in [4.69, 9.17) is 4.42 Å². The molecule has 0 saturated carbocycles. The van der Waals surface area contributed by atoms with Crippen LogP contribution in [0.5, 0.6) is 0 Å². The highest BCUT2D eigenvalue weighted by molar-refractivity contribution is 5.91. The maximum atomic E-state index is 11.7. The minimum atomic E-state index is -0.343. The van der Waals surface area contributed by atoms with E-state index in [1.165, 1.54) is 12.1 Å². The molecule has 0 bridgehead atoms. The predicted octanol–water partition coefficient (Wildman–Crippen LogP) is 0.347. The van der Waals surface area contributed by atoms with Crippen LogP contribution in [0.25, 0.3) is 0 Å². The fraction of sp³-hybridized carbons (Fsp3) is 0.333. The number of aromatic amines is 1. The number of H-pyrrole nitrogens is 1. The van der Waals surface area contributed by atoms with Gasteiger partial charge in [-0.2, -0.15) is 5.10 Å². The average molecular weight is 262 g/mol. The third-order valence-corrected chi connectivity index (χ3v) is 2.55. The van der Waals surface area contributed by atoms with Crippen molar-refractivity contribution in [1.29, 1.82) is 0 Å². The van der Waals surface area contributed by atoms with Gasteiger partial charge in [-0.25, -0.2) is 10.1 Å². The average Bonchev–Trinajstić information content (AvgIpc) is 2.68. The molecule has 7 nitrogen and oxygen atoms in total. The zero-order chi connectivity index (χ0) is 13.8. The summed E-state index contributed by atoms with van der Waals surface area (Å²) in [5, 5.41) is 8.54.